The summed E-state index contributed by atoms with van der Waals surface area (Å²) in [6.45, 7) is 0. The Balaban J connectivity index is 2.59. The highest BCUT2D eigenvalue weighted by Gasteiger charge is 2.05. The molecule has 2 N–H and O–H groups in total. The molecule has 75 valence electrons. The molecule has 0 heterocycles. The average Bonchev–Trinajstić information content (AvgIpc) is 2.16. The molecule has 3 heteroatoms. The minimum Gasteiger partial charge on any atom is -0.508 e. The SMILES string of the molecule is Oc1cc(Cl)cc(-c2cc[c]cc2O)c1. The van der Waals surface area contributed by atoms with Gasteiger partial charge in [-0.3, -0.25) is 0 Å². The zero-order valence-corrected chi connectivity index (χ0v) is 8.49. The topological polar surface area (TPSA) is 40.5 Å². The van der Waals surface area contributed by atoms with Gasteiger partial charge >= 0.3 is 0 Å². The van der Waals surface area contributed by atoms with Gasteiger partial charge in [-0.25, -0.2) is 0 Å². The molecule has 2 aromatic rings. The van der Waals surface area contributed by atoms with Gasteiger partial charge in [-0.05, 0) is 35.9 Å². The van der Waals surface area contributed by atoms with Crippen molar-refractivity contribution in [3.05, 3.63) is 47.5 Å². The van der Waals surface area contributed by atoms with Crippen molar-refractivity contribution in [3.63, 3.8) is 0 Å². The first-order chi connectivity index (χ1) is 7.16. The maximum absolute atomic E-state index is 9.59. The number of benzene rings is 2. The summed E-state index contributed by atoms with van der Waals surface area (Å²) in [6, 6.07) is 12.3. The van der Waals surface area contributed by atoms with Crippen LogP contribution in [-0.2, 0) is 0 Å². The number of rotatable bonds is 1. The monoisotopic (exact) mass is 219 g/mol. The van der Waals surface area contributed by atoms with Crippen LogP contribution in [0.3, 0.4) is 0 Å². The maximum atomic E-state index is 9.59. The van der Waals surface area contributed by atoms with Crippen LogP contribution in [0.25, 0.3) is 11.1 Å². The summed E-state index contributed by atoms with van der Waals surface area (Å²) in [7, 11) is 0. The minimum atomic E-state index is 0.0738. The lowest BCUT2D eigenvalue weighted by atomic mass is 10.0. The molecule has 0 bridgehead atoms. The summed E-state index contributed by atoms with van der Waals surface area (Å²) >= 11 is 5.80. The van der Waals surface area contributed by atoms with E-state index in [1.54, 1.807) is 24.3 Å². The van der Waals surface area contributed by atoms with Crippen molar-refractivity contribution in [1.82, 2.24) is 0 Å². The van der Waals surface area contributed by atoms with Crippen molar-refractivity contribution >= 4 is 11.6 Å². The number of hydrogen-bond acceptors (Lipinski definition) is 2. The molecule has 0 amide bonds. The number of aromatic hydroxyl groups is 2. The lowest BCUT2D eigenvalue weighted by Crippen LogP contribution is -1.79. The Morgan fingerprint density at radius 2 is 1.93 bits per heavy atom. The largest absolute Gasteiger partial charge is 0.508 e. The minimum absolute atomic E-state index is 0.0738. The first-order valence-corrected chi connectivity index (χ1v) is 4.73. The van der Waals surface area contributed by atoms with E-state index in [9.17, 15) is 10.2 Å². The highest BCUT2D eigenvalue weighted by Crippen LogP contribution is 2.32. The van der Waals surface area contributed by atoms with Crippen LogP contribution in [0.15, 0.2) is 36.4 Å². The highest BCUT2D eigenvalue weighted by molar-refractivity contribution is 6.31. The van der Waals surface area contributed by atoms with Crippen molar-refractivity contribution in [1.29, 1.82) is 0 Å². The van der Waals surface area contributed by atoms with E-state index in [1.165, 1.54) is 12.1 Å². The van der Waals surface area contributed by atoms with Gasteiger partial charge in [0.05, 0.1) is 0 Å². The maximum Gasteiger partial charge on any atom is 0.124 e. The summed E-state index contributed by atoms with van der Waals surface area (Å²) in [5.41, 5.74) is 1.29. The molecule has 0 spiro atoms. The lowest BCUT2D eigenvalue weighted by molar-refractivity contribution is 0.474. The first kappa shape index (κ1) is 9.87. The predicted molar refractivity (Wildman–Crippen MR) is 59.1 cm³/mol. The third kappa shape index (κ3) is 2.05. The third-order valence-corrected chi connectivity index (χ3v) is 2.25. The van der Waals surface area contributed by atoms with Crippen LogP contribution >= 0.6 is 11.6 Å². The van der Waals surface area contributed by atoms with E-state index in [-0.39, 0.29) is 11.5 Å². The zero-order chi connectivity index (χ0) is 10.8. The predicted octanol–water partition coefficient (Wildman–Crippen LogP) is 3.22. The molecular weight excluding hydrogens is 212 g/mol. The van der Waals surface area contributed by atoms with Gasteiger partial charge in [-0.2, -0.15) is 0 Å². The molecule has 0 unspecified atom stereocenters. The van der Waals surface area contributed by atoms with Gasteiger partial charge < -0.3 is 10.2 Å². The number of phenols is 2. The molecule has 2 aromatic carbocycles. The van der Waals surface area contributed by atoms with Gasteiger partial charge in [0.2, 0.25) is 0 Å². The van der Waals surface area contributed by atoms with Crippen LogP contribution in [0.4, 0.5) is 0 Å². The molecular formula is C12H8ClO2. The zero-order valence-electron chi connectivity index (χ0n) is 7.74. The molecule has 0 atom stereocenters. The molecule has 0 saturated carbocycles. The van der Waals surface area contributed by atoms with Crippen molar-refractivity contribution in [2.75, 3.05) is 0 Å². The van der Waals surface area contributed by atoms with Gasteiger partial charge in [0.15, 0.2) is 0 Å². The second-order valence-electron chi connectivity index (χ2n) is 3.14. The highest BCUT2D eigenvalue weighted by atomic mass is 35.5. The fraction of sp³-hybridized carbons (Fsp3) is 0. The van der Waals surface area contributed by atoms with Crippen LogP contribution in [0, 0.1) is 6.07 Å². The van der Waals surface area contributed by atoms with Crippen LogP contribution in [0.2, 0.25) is 5.02 Å². The van der Waals surface area contributed by atoms with E-state index >= 15 is 0 Å². The number of phenolic OH excluding ortho intramolecular Hbond substituents is 2. The van der Waals surface area contributed by atoms with E-state index in [1.807, 2.05) is 0 Å². The summed E-state index contributed by atoms with van der Waals surface area (Å²) in [6.07, 6.45) is 0. The second kappa shape index (κ2) is 3.83. The van der Waals surface area contributed by atoms with Crippen molar-refractivity contribution in [2.45, 2.75) is 0 Å². The average molecular weight is 220 g/mol. The molecule has 2 rings (SSSR count). The first-order valence-electron chi connectivity index (χ1n) is 4.36. The molecule has 0 aliphatic heterocycles. The molecule has 0 aliphatic carbocycles. The summed E-state index contributed by atoms with van der Waals surface area (Å²) in [5.74, 6) is 0.184. The molecule has 2 nitrogen and oxygen atoms in total. The molecule has 0 fully saturated rings. The third-order valence-electron chi connectivity index (χ3n) is 2.04. The van der Waals surface area contributed by atoms with Gasteiger partial charge in [-0.1, -0.05) is 23.7 Å². The molecule has 0 aromatic heterocycles. The van der Waals surface area contributed by atoms with E-state index in [0.29, 0.717) is 16.1 Å². The fourth-order valence-corrected chi connectivity index (χ4v) is 1.62. The van der Waals surface area contributed by atoms with Crippen molar-refractivity contribution < 1.29 is 10.2 Å². The van der Waals surface area contributed by atoms with Crippen LogP contribution in [-0.4, -0.2) is 10.2 Å². The van der Waals surface area contributed by atoms with Crippen molar-refractivity contribution in [3.8, 4) is 22.6 Å². The molecule has 1 radical (unpaired) electrons. The Hall–Kier alpha value is -1.67. The summed E-state index contributed by atoms with van der Waals surface area (Å²) < 4.78 is 0. The number of hydrogen-bond donors (Lipinski definition) is 2. The number of halogens is 1. The van der Waals surface area contributed by atoms with Gasteiger partial charge in [-0.15, -0.1) is 0 Å². The standard InChI is InChI=1S/C12H8ClO2/c13-9-5-8(6-10(14)7-9)11-3-1-2-4-12(11)15/h1,3-7,14-15H. The van der Waals surface area contributed by atoms with Gasteiger partial charge in [0, 0.05) is 10.6 Å². The Kier molecular flexibility index (Phi) is 2.52. The molecule has 0 aliphatic rings. The van der Waals surface area contributed by atoms with E-state index in [2.05, 4.69) is 6.07 Å². The Labute approximate surface area is 92.4 Å². The quantitative estimate of drug-likeness (QED) is 0.773. The smallest absolute Gasteiger partial charge is 0.124 e. The summed E-state index contributed by atoms with van der Waals surface area (Å²) in [5, 5.41) is 19.4. The van der Waals surface area contributed by atoms with Crippen LogP contribution < -0.4 is 0 Å². The van der Waals surface area contributed by atoms with Gasteiger partial charge in [0.1, 0.15) is 11.5 Å². The Morgan fingerprint density at radius 1 is 1.13 bits per heavy atom. The lowest BCUT2D eigenvalue weighted by Gasteiger charge is -2.05. The van der Waals surface area contributed by atoms with E-state index in [0.717, 1.165) is 0 Å². The second-order valence-corrected chi connectivity index (χ2v) is 3.58. The van der Waals surface area contributed by atoms with E-state index < -0.39 is 0 Å². The van der Waals surface area contributed by atoms with Crippen molar-refractivity contribution in [2.24, 2.45) is 0 Å². The van der Waals surface area contributed by atoms with Crippen LogP contribution in [0.1, 0.15) is 0 Å². The Bertz CT molecular complexity index is 474. The van der Waals surface area contributed by atoms with Crippen LogP contribution in [0.5, 0.6) is 11.5 Å². The summed E-state index contributed by atoms with van der Waals surface area (Å²) in [4.78, 5) is 0. The van der Waals surface area contributed by atoms with E-state index in [4.69, 9.17) is 11.6 Å². The Morgan fingerprint density at radius 3 is 2.60 bits per heavy atom. The normalized spacial score (nSPS) is 10.2. The van der Waals surface area contributed by atoms with Gasteiger partial charge in [0.25, 0.3) is 0 Å². The molecule has 15 heavy (non-hydrogen) atoms. The fourth-order valence-electron chi connectivity index (χ4n) is 1.40. The molecule has 0 saturated heterocycles.